The fraction of sp³-hybridized carbons (Fsp3) is 0.308. The zero-order valence-electron chi connectivity index (χ0n) is 9.77. The van der Waals surface area contributed by atoms with Crippen LogP contribution in [0.2, 0.25) is 0 Å². The first-order valence-corrected chi connectivity index (χ1v) is 6.06. The lowest BCUT2D eigenvalue weighted by Crippen LogP contribution is -2.03. The van der Waals surface area contributed by atoms with Crippen LogP contribution in [0.3, 0.4) is 0 Å². The second kappa shape index (κ2) is 5.84. The van der Waals surface area contributed by atoms with Gasteiger partial charge in [-0.25, -0.2) is 4.68 Å². The molecular formula is C13H15ClN2O. The molecule has 0 spiro atoms. The summed E-state index contributed by atoms with van der Waals surface area (Å²) in [4.78, 5) is 0. The van der Waals surface area contributed by atoms with E-state index in [9.17, 15) is 0 Å². The minimum Gasteiger partial charge on any atom is -0.384 e. The molecule has 17 heavy (non-hydrogen) atoms. The molecule has 2 rings (SSSR count). The molecular weight excluding hydrogens is 236 g/mol. The van der Waals surface area contributed by atoms with Gasteiger partial charge < -0.3 is 4.74 Å². The number of alkyl halides is 1. The number of benzene rings is 1. The van der Waals surface area contributed by atoms with Crippen molar-refractivity contribution in [3.05, 3.63) is 47.8 Å². The molecule has 90 valence electrons. The Hall–Kier alpha value is -1.32. The number of methoxy groups -OCH3 is 1. The van der Waals surface area contributed by atoms with Gasteiger partial charge in [-0.05, 0) is 24.1 Å². The number of aromatic nitrogens is 2. The van der Waals surface area contributed by atoms with E-state index in [2.05, 4.69) is 17.2 Å². The largest absolute Gasteiger partial charge is 0.384 e. The van der Waals surface area contributed by atoms with Crippen molar-refractivity contribution < 1.29 is 4.74 Å². The van der Waals surface area contributed by atoms with E-state index in [4.69, 9.17) is 16.3 Å². The van der Waals surface area contributed by atoms with Crippen molar-refractivity contribution in [2.75, 3.05) is 13.7 Å². The maximum absolute atomic E-state index is 5.76. The summed E-state index contributed by atoms with van der Waals surface area (Å²) >= 11 is 5.76. The Morgan fingerprint density at radius 2 is 2.12 bits per heavy atom. The average Bonchev–Trinajstić information content (AvgIpc) is 2.85. The smallest absolute Gasteiger partial charge is 0.0776 e. The minimum absolute atomic E-state index is 0.438. The average molecular weight is 251 g/mol. The Balaban J connectivity index is 2.30. The molecule has 1 aromatic carbocycles. The molecule has 1 heterocycles. The highest BCUT2D eigenvalue weighted by atomic mass is 35.5. The van der Waals surface area contributed by atoms with Crippen molar-refractivity contribution in [1.82, 2.24) is 9.78 Å². The molecule has 0 bridgehead atoms. The molecule has 0 saturated heterocycles. The van der Waals surface area contributed by atoms with Crippen molar-refractivity contribution in [3.8, 4) is 5.69 Å². The van der Waals surface area contributed by atoms with E-state index >= 15 is 0 Å². The van der Waals surface area contributed by atoms with Gasteiger partial charge in [0.1, 0.15) is 0 Å². The van der Waals surface area contributed by atoms with E-state index in [1.807, 2.05) is 29.1 Å². The lowest BCUT2D eigenvalue weighted by Gasteiger charge is -2.08. The predicted octanol–water partition coefficient (Wildman–Crippen LogP) is 2.80. The molecule has 0 aliphatic rings. The number of para-hydroxylation sites is 1. The van der Waals surface area contributed by atoms with Gasteiger partial charge in [-0.3, -0.25) is 0 Å². The van der Waals surface area contributed by atoms with Crippen LogP contribution in [0.15, 0.2) is 36.5 Å². The second-order valence-corrected chi connectivity index (χ2v) is 4.02. The van der Waals surface area contributed by atoms with Crippen LogP contribution in [-0.2, 0) is 17.0 Å². The Kier molecular flexibility index (Phi) is 4.18. The number of halogens is 1. The molecule has 0 N–H and O–H groups in total. The summed E-state index contributed by atoms with van der Waals surface area (Å²) in [6.45, 7) is 0.709. The van der Waals surface area contributed by atoms with Crippen LogP contribution in [0.1, 0.15) is 11.3 Å². The zero-order chi connectivity index (χ0) is 12.1. The third-order valence-electron chi connectivity index (χ3n) is 2.60. The van der Waals surface area contributed by atoms with Gasteiger partial charge in [0.05, 0.1) is 23.9 Å². The second-order valence-electron chi connectivity index (χ2n) is 3.76. The highest BCUT2D eigenvalue weighted by Gasteiger charge is 2.05. The van der Waals surface area contributed by atoms with Crippen LogP contribution < -0.4 is 0 Å². The molecule has 0 amide bonds. The van der Waals surface area contributed by atoms with E-state index in [1.54, 1.807) is 7.11 Å². The summed E-state index contributed by atoms with van der Waals surface area (Å²) in [6.07, 6.45) is 2.81. The highest BCUT2D eigenvalue weighted by Crippen LogP contribution is 2.15. The summed E-state index contributed by atoms with van der Waals surface area (Å²) < 4.78 is 6.98. The predicted molar refractivity (Wildman–Crippen MR) is 68.7 cm³/mol. The topological polar surface area (TPSA) is 27.1 Å². The maximum atomic E-state index is 5.76. The quantitative estimate of drug-likeness (QED) is 0.763. The first-order valence-electron chi connectivity index (χ1n) is 5.53. The van der Waals surface area contributed by atoms with Crippen LogP contribution in [0.4, 0.5) is 0 Å². The van der Waals surface area contributed by atoms with Crippen LogP contribution in [0.5, 0.6) is 0 Å². The van der Waals surface area contributed by atoms with Gasteiger partial charge in [-0.2, -0.15) is 5.10 Å². The summed E-state index contributed by atoms with van der Waals surface area (Å²) in [5.74, 6) is 0.438. The van der Waals surface area contributed by atoms with Crippen LogP contribution in [-0.4, -0.2) is 23.5 Å². The molecule has 0 fully saturated rings. The number of nitrogens with zero attached hydrogens (tertiary/aromatic N) is 2. The van der Waals surface area contributed by atoms with E-state index in [-0.39, 0.29) is 0 Å². The van der Waals surface area contributed by atoms with Crippen molar-refractivity contribution in [1.29, 1.82) is 0 Å². The van der Waals surface area contributed by atoms with Crippen molar-refractivity contribution in [2.45, 2.75) is 12.3 Å². The van der Waals surface area contributed by atoms with Crippen molar-refractivity contribution >= 4 is 11.6 Å². The Labute approximate surface area is 106 Å². The van der Waals surface area contributed by atoms with E-state index < -0.39 is 0 Å². The molecule has 0 aliphatic carbocycles. The Morgan fingerprint density at radius 1 is 1.29 bits per heavy atom. The molecule has 0 saturated carbocycles. The molecule has 2 aromatic rings. The fourth-order valence-electron chi connectivity index (χ4n) is 1.72. The van der Waals surface area contributed by atoms with Crippen LogP contribution >= 0.6 is 11.6 Å². The number of hydrogen-bond donors (Lipinski definition) is 0. The van der Waals surface area contributed by atoms with Crippen molar-refractivity contribution in [3.63, 3.8) is 0 Å². The number of ether oxygens (including phenoxy) is 1. The fourth-order valence-corrected chi connectivity index (χ4v) is 1.87. The SMILES string of the molecule is COCCc1ccccc1-n1ccc(CCl)n1. The Bertz CT molecular complexity index is 482. The van der Waals surface area contributed by atoms with E-state index in [0.29, 0.717) is 12.5 Å². The molecule has 0 radical (unpaired) electrons. The van der Waals surface area contributed by atoms with Crippen molar-refractivity contribution in [2.24, 2.45) is 0 Å². The first-order chi connectivity index (χ1) is 8.35. The summed E-state index contributed by atoms with van der Waals surface area (Å²) in [5, 5.41) is 4.41. The number of rotatable bonds is 5. The van der Waals surface area contributed by atoms with E-state index in [0.717, 1.165) is 17.8 Å². The van der Waals surface area contributed by atoms with Gasteiger partial charge in [-0.1, -0.05) is 18.2 Å². The van der Waals surface area contributed by atoms with Gasteiger partial charge in [0, 0.05) is 13.3 Å². The summed E-state index contributed by atoms with van der Waals surface area (Å²) in [5.41, 5.74) is 3.19. The summed E-state index contributed by atoms with van der Waals surface area (Å²) in [6, 6.07) is 10.1. The monoisotopic (exact) mass is 250 g/mol. The lowest BCUT2D eigenvalue weighted by atomic mass is 10.1. The van der Waals surface area contributed by atoms with Gasteiger partial charge in [0.2, 0.25) is 0 Å². The first kappa shape index (κ1) is 12.1. The maximum Gasteiger partial charge on any atom is 0.0776 e. The number of hydrogen-bond acceptors (Lipinski definition) is 2. The van der Waals surface area contributed by atoms with Gasteiger partial charge >= 0.3 is 0 Å². The van der Waals surface area contributed by atoms with Crippen LogP contribution in [0, 0.1) is 0 Å². The minimum atomic E-state index is 0.438. The van der Waals surface area contributed by atoms with E-state index in [1.165, 1.54) is 5.56 Å². The highest BCUT2D eigenvalue weighted by molar-refractivity contribution is 6.16. The molecule has 0 unspecified atom stereocenters. The van der Waals surface area contributed by atoms with Crippen LogP contribution in [0.25, 0.3) is 5.69 Å². The normalized spacial score (nSPS) is 10.7. The van der Waals surface area contributed by atoms with Gasteiger partial charge in [-0.15, -0.1) is 11.6 Å². The standard InChI is InChI=1S/C13H15ClN2O/c1-17-9-7-11-4-2-3-5-13(11)16-8-6-12(10-14)15-16/h2-6,8H,7,9-10H2,1H3. The molecule has 1 aromatic heterocycles. The third kappa shape index (κ3) is 2.87. The zero-order valence-corrected chi connectivity index (χ0v) is 10.5. The Morgan fingerprint density at radius 3 is 2.82 bits per heavy atom. The third-order valence-corrected chi connectivity index (χ3v) is 2.87. The van der Waals surface area contributed by atoms with Gasteiger partial charge in [0.25, 0.3) is 0 Å². The lowest BCUT2D eigenvalue weighted by molar-refractivity contribution is 0.202. The molecule has 0 atom stereocenters. The molecule has 4 heteroatoms. The van der Waals surface area contributed by atoms with Gasteiger partial charge in [0.15, 0.2) is 0 Å². The molecule has 0 aliphatic heterocycles. The summed E-state index contributed by atoms with van der Waals surface area (Å²) in [7, 11) is 1.71. The molecule has 3 nitrogen and oxygen atoms in total.